The molecule has 0 radical (unpaired) electrons. The van der Waals surface area contributed by atoms with E-state index in [4.69, 9.17) is 9.47 Å². The lowest BCUT2D eigenvalue weighted by atomic mass is 10.0. The standard InChI is InChI=1S/C14H23NO2/c1-5-9-15-12(6-2)11-7-8-13(16-3)14(10-11)17-4/h7-8,10,12,15H,5-6,9H2,1-4H3. The van der Waals surface area contributed by atoms with Gasteiger partial charge in [-0.25, -0.2) is 0 Å². The lowest BCUT2D eigenvalue weighted by molar-refractivity contribution is 0.353. The van der Waals surface area contributed by atoms with E-state index in [9.17, 15) is 0 Å². The normalized spacial score (nSPS) is 12.2. The first-order valence-corrected chi connectivity index (χ1v) is 6.22. The Bertz CT molecular complexity index is 339. The van der Waals surface area contributed by atoms with Crippen LogP contribution in [0.15, 0.2) is 18.2 Å². The third kappa shape index (κ3) is 3.63. The second-order valence-corrected chi connectivity index (χ2v) is 4.03. The van der Waals surface area contributed by atoms with Gasteiger partial charge in [-0.15, -0.1) is 0 Å². The van der Waals surface area contributed by atoms with E-state index in [1.165, 1.54) is 5.56 Å². The Hall–Kier alpha value is -1.22. The monoisotopic (exact) mass is 237 g/mol. The van der Waals surface area contributed by atoms with Crippen molar-refractivity contribution in [2.45, 2.75) is 32.7 Å². The van der Waals surface area contributed by atoms with E-state index < -0.39 is 0 Å². The fourth-order valence-corrected chi connectivity index (χ4v) is 1.89. The number of benzene rings is 1. The SMILES string of the molecule is CCCNC(CC)c1ccc(OC)c(OC)c1. The summed E-state index contributed by atoms with van der Waals surface area (Å²) >= 11 is 0. The van der Waals surface area contributed by atoms with Crippen LogP contribution in [-0.4, -0.2) is 20.8 Å². The van der Waals surface area contributed by atoms with E-state index >= 15 is 0 Å². The first-order valence-electron chi connectivity index (χ1n) is 6.22. The van der Waals surface area contributed by atoms with Crippen molar-refractivity contribution in [3.05, 3.63) is 23.8 Å². The van der Waals surface area contributed by atoms with Gasteiger partial charge < -0.3 is 14.8 Å². The summed E-state index contributed by atoms with van der Waals surface area (Å²) in [6.45, 7) is 5.39. The number of methoxy groups -OCH3 is 2. The molecule has 3 heteroatoms. The molecule has 0 aliphatic rings. The van der Waals surface area contributed by atoms with Crippen LogP contribution in [0.2, 0.25) is 0 Å². The van der Waals surface area contributed by atoms with E-state index in [2.05, 4.69) is 31.3 Å². The number of hydrogen-bond donors (Lipinski definition) is 1. The van der Waals surface area contributed by atoms with Crippen LogP contribution in [0.4, 0.5) is 0 Å². The maximum atomic E-state index is 5.32. The molecule has 0 amide bonds. The Kier molecular flexibility index (Phi) is 5.84. The highest BCUT2D eigenvalue weighted by atomic mass is 16.5. The van der Waals surface area contributed by atoms with E-state index in [-0.39, 0.29) is 0 Å². The van der Waals surface area contributed by atoms with Crippen LogP contribution < -0.4 is 14.8 Å². The highest BCUT2D eigenvalue weighted by Gasteiger charge is 2.11. The van der Waals surface area contributed by atoms with Gasteiger partial charge in [0.1, 0.15) is 0 Å². The first-order chi connectivity index (χ1) is 8.26. The van der Waals surface area contributed by atoms with Gasteiger partial charge in [-0.2, -0.15) is 0 Å². The van der Waals surface area contributed by atoms with Crippen LogP contribution in [0.3, 0.4) is 0 Å². The molecule has 0 bridgehead atoms. The second-order valence-electron chi connectivity index (χ2n) is 4.03. The molecule has 1 aromatic carbocycles. The Labute approximate surface area is 104 Å². The van der Waals surface area contributed by atoms with Gasteiger partial charge >= 0.3 is 0 Å². The molecule has 1 N–H and O–H groups in total. The average molecular weight is 237 g/mol. The van der Waals surface area contributed by atoms with Gasteiger partial charge in [0.15, 0.2) is 11.5 Å². The van der Waals surface area contributed by atoms with Crippen LogP contribution in [0.5, 0.6) is 11.5 Å². The molecule has 1 atom stereocenters. The minimum Gasteiger partial charge on any atom is -0.493 e. The Balaban J connectivity index is 2.88. The topological polar surface area (TPSA) is 30.5 Å². The fraction of sp³-hybridized carbons (Fsp3) is 0.571. The van der Waals surface area contributed by atoms with Crippen molar-refractivity contribution in [2.75, 3.05) is 20.8 Å². The molecule has 0 aliphatic carbocycles. The highest BCUT2D eigenvalue weighted by molar-refractivity contribution is 5.43. The van der Waals surface area contributed by atoms with Crippen LogP contribution in [0, 0.1) is 0 Å². The Morgan fingerprint density at radius 2 is 1.82 bits per heavy atom. The molecule has 0 saturated carbocycles. The van der Waals surface area contributed by atoms with Gasteiger partial charge in [0.25, 0.3) is 0 Å². The molecular weight excluding hydrogens is 214 g/mol. The summed E-state index contributed by atoms with van der Waals surface area (Å²) in [6.07, 6.45) is 2.21. The zero-order valence-corrected chi connectivity index (χ0v) is 11.2. The molecule has 0 aromatic heterocycles. The van der Waals surface area contributed by atoms with Crippen LogP contribution >= 0.6 is 0 Å². The predicted octanol–water partition coefficient (Wildman–Crippen LogP) is 3.15. The van der Waals surface area contributed by atoms with E-state index in [1.807, 2.05) is 6.07 Å². The van der Waals surface area contributed by atoms with Crippen molar-refractivity contribution in [3.8, 4) is 11.5 Å². The van der Waals surface area contributed by atoms with Crippen molar-refractivity contribution >= 4 is 0 Å². The number of nitrogens with one attached hydrogen (secondary N) is 1. The van der Waals surface area contributed by atoms with Gasteiger partial charge in [-0.3, -0.25) is 0 Å². The minimum absolute atomic E-state index is 0.384. The Morgan fingerprint density at radius 3 is 2.35 bits per heavy atom. The summed E-state index contributed by atoms with van der Waals surface area (Å²) in [4.78, 5) is 0. The maximum Gasteiger partial charge on any atom is 0.161 e. The largest absolute Gasteiger partial charge is 0.493 e. The highest BCUT2D eigenvalue weighted by Crippen LogP contribution is 2.30. The molecule has 3 nitrogen and oxygen atoms in total. The lowest BCUT2D eigenvalue weighted by Crippen LogP contribution is -2.21. The van der Waals surface area contributed by atoms with Crippen LogP contribution in [0.1, 0.15) is 38.3 Å². The third-order valence-corrected chi connectivity index (χ3v) is 2.86. The van der Waals surface area contributed by atoms with Crippen LogP contribution in [0.25, 0.3) is 0 Å². The Morgan fingerprint density at radius 1 is 1.12 bits per heavy atom. The number of hydrogen-bond acceptors (Lipinski definition) is 3. The molecule has 1 rings (SSSR count). The van der Waals surface area contributed by atoms with Gasteiger partial charge in [0, 0.05) is 6.04 Å². The zero-order chi connectivity index (χ0) is 12.7. The minimum atomic E-state index is 0.384. The summed E-state index contributed by atoms with van der Waals surface area (Å²) in [6, 6.07) is 6.49. The molecule has 0 heterocycles. The van der Waals surface area contributed by atoms with Crippen molar-refractivity contribution in [1.82, 2.24) is 5.32 Å². The molecule has 96 valence electrons. The van der Waals surface area contributed by atoms with E-state index in [0.29, 0.717) is 6.04 Å². The summed E-state index contributed by atoms with van der Waals surface area (Å²) in [5.74, 6) is 1.57. The quantitative estimate of drug-likeness (QED) is 0.790. The van der Waals surface area contributed by atoms with Gasteiger partial charge in [-0.05, 0) is 37.1 Å². The average Bonchev–Trinajstić information content (AvgIpc) is 2.39. The predicted molar refractivity (Wildman–Crippen MR) is 70.9 cm³/mol. The molecule has 1 aromatic rings. The summed E-state index contributed by atoms with van der Waals surface area (Å²) in [5, 5.41) is 3.53. The second kappa shape index (κ2) is 7.17. The van der Waals surface area contributed by atoms with Crippen molar-refractivity contribution in [2.24, 2.45) is 0 Å². The molecular formula is C14H23NO2. The van der Waals surface area contributed by atoms with Gasteiger partial charge in [0.05, 0.1) is 14.2 Å². The smallest absolute Gasteiger partial charge is 0.161 e. The van der Waals surface area contributed by atoms with Crippen molar-refractivity contribution in [1.29, 1.82) is 0 Å². The fourth-order valence-electron chi connectivity index (χ4n) is 1.89. The summed E-state index contributed by atoms with van der Waals surface area (Å²) < 4.78 is 10.6. The molecule has 0 spiro atoms. The van der Waals surface area contributed by atoms with Gasteiger partial charge in [-0.1, -0.05) is 19.9 Å². The first kappa shape index (κ1) is 13.8. The molecule has 0 fully saturated rings. The third-order valence-electron chi connectivity index (χ3n) is 2.86. The summed E-state index contributed by atoms with van der Waals surface area (Å²) in [5.41, 5.74) is 1.25. The van der Waals surface area contributed by atoms with Crippen LogP contribution in [-0.2, 0) is 0 Å². The number of rotatable bonds is 7. The lowest BCUT2D eigenvalue weighted by Gasteiger charge is -2.18. The maximum absolute atomic E-state index is 5.32. The molecule has 0 aliphatic heterocycles. The van der Waals surface area contributed by atoms with E-state index in [0.717, 1.165) is 30.9 Å². The summed E-state index contributed by atoms with van der Waals surface area (Å²) in [7, 11) is 3.33. The van der Waals surface area contributed by atoms with E-state index in [1.54, 1.807) is 14.2 Å². The van der Waals surface area contributed by atoms with Gasteiger partial charge in [0.2, 0.25) is 0 Å². The molecule has 17 heavy (non-hydrogen) atoms. The van der Waals surface area contributed by atoms with Crippen molar-refractivity contribution < 1.29 is 9.47 Å². The molecule has 0 saturated heterocycles. The van der Waals surface area contributed by atoms with Crippen molar-refractivity contribution in [3.63, 3.8) is 0 Å². The zero-order valence-electron chi connectivity index (χ0n) is 11.2. The molecule has 1 unspecified atom stereocenters. The number of ether oxygens (including phenoxy) is 2.